The number of ether oxygens (including phenoxy) is 3. The number of aromatic nitrogens is 4. The van der Waals surface area contributed by atoms with Crippen LogP contribution in [0.3, 0.4) is 0 Å². The summed E-state index contributed by atoms with van der Waals surface area (Å²) in [5, 5.41) is 24.4. The number of benzene rings is 2. The summed E-state index contributed by atoms with van der Waals surface area (Å²) in [5.74, 6) is 1.49. The first-order valence-electron chi connectivity index (χ1n) is 8.29. The van der Waals surface area contributed by atoms with Crippen molar-refractivity contribution in [1.29, 1.82) is 5.26 Å². The van der Waals surface area contributed by atoms with E-state index in [4.69, 9.17) is 14.2 Å². The molecule has 4 rings (SSSR count). The third-order valence-corrected chi connectivity index (χ3v) is 4.36. The van der Waals surface area contributed by atoms with Crippen LogP contribution in [-0.4, -0.2) is 41.7 Å². The highest BCUT2D eigenvalue weighted by Gasteiger charge is 2.16. The Hall–Kier alpha value is -4.06. The summed E-state index contributed by atoms with van der Waals surface area (Å²) < 4.78 is 16.2. The van der Waals surface area contributed by atoms with Crippen LogP contribution >= 0.6 is 0 Å². The molecule has 0 aliphatic carbocycles. The van der Waals surface area contributed by atoms with Crippen LogP contribution in [0, 0.1) is 11.3 Å². The van der Waals surface area contributed by atoms with Crippen molar-refractivity contribution in [3.63, 3.8) is 0 Å². The van der Waals surface area contributed by atoms with Crippen molar-refractivity contribution >= 4 is 33.3 Å². The van der Waals surface area contributed by atoms with Crippen molar-refractivity contribution in [3.05, 3.63) is 36.0 Å². The lowest BCUT2D eigenvalue weighted by molar-refractivity contribution is 0.324. The fourth-order valence-corrected chi connectivity index (χ4v) is 3.05. The van der Waals surface area contributed by atoms with E-state index in [2.05, 4.69) is 31.8 Å². The molecular formula is C19H16N6O3. The minimum absolute atomic E-state index is 0.393. The Morgan fingerprint density at radius 1 is 0.929 bits per heavy atom. The van der Waals surface area contributed by atoms with Crippen molar-refractivity contribution in [1.82, 2.24) is 20.4 Å². The van der Waals surface area contributed by atoms with E-state index in [0.29, 0.717) is 50.7 Å². The van der Waals surface area contributed by atoms with E-state index < -0.39 is 0 Å². The fraction of sp³-hybridized carbons (Fsp3) is 0.158. The summed E-state index contributed by atoms with van der Waals surface area (Å²) in [6.45, 7) is 0. The Kier molecular flexibility index (Phi) is 4.29. The molecule has 2 aromatic carbocycles. The second-order valence-electron chi connectivity index (χ2n) is 5.88. The quantitative estimate of drug-likeness (QED) is 0.545. The SMILES string of the molecule is COc1cc(Nc2c(C#N)cnc3cc4n[nH]nc4cc23)cc(OC)c1OC. The molecule has 0 bridgehead atoms. The molecule has 0 unspecified atom stereocenters. The average molecular weight is 376 g/mol. The van der Waals surface area contributed by atoms with Crippen LogP contribution in [0.2, 0.25) is 0 Å². The number of rotatable bonds is 5. The summed E-state index contributed by atoms with van der Waals surface area (Å²) in [6.07, 6.45) is 1.52. The number of nitrogens with one attached hydrogen (secondary N) is 2. The number of fused-ring (bicyclic) bond motifs is 2. The molecule has 2 N–H and O–H groups in total. The second-order valence-corrected chi connectivity index (χ2v) is 5.88. The molecule has 4 aromatic rings. The van der Waals surface area contributed by atoms with Crippen LogP contribution < -0.4 is 19.5 Å². The van der Waals surface area contributed by atoms with E-state index in [0.717, 1.165) is 5.39 Å². The summed E-state index contributed by atoms with van der Waals surface area (Å²) >= 11 is 0. The minimum atomic E-state index is 0.393. The number of pyridine rings is 1. The van der Waals surface area contributed by atoms with Crippen LogP contribution in [0.5, 0.6) is 17.2 Å². The fourth-order valence-electron chi connectivity index (χ4n) is 3.05. The van der Waals surface area contributed by atoms with E-state index in [-0.39, 0.29) is 0 Å². The highest BCUT2D eigenvalue weighted by molar-refractivity contribution is 6.02. The van der Waals surface area contributed by atoms with Crippen LogP contribution in [0.25, 0.3) is 21.9 Å². The first kappa shape index (κ1) is 17.4. The molecule has 0 fully saturated rings. The maximum Gasteiger partial charge on any atom is 0.203 e. The molecule has 0 aliphatic rings. The molecule has 0 saturated heterocycles. The Morgan fingerprint density at radius 2 is 1.61 bits per heavy atom. The number of H-pyrrole nitrogens is 1. The second kappa shape index (κ2) is 6.92. The summed E-state index contributed by atoms with van der Waals surface area (Å²) in [5.41, 5.74) is 3.73. The molecule has 0 atom stereocenters. The molecule has 0 spiro atoms. The monoisotopic (exact) mass is 376 g/mol. The average Bonchev–Trinajstić information content (AvgIpc) is 3.19. The van der Waals surface area contributed by atoms with Crippen molar-refractivity contribution in [2.75, 3.05) is 26.6 Å². The van der Waals surface area contributed by atoms with E-state index in [1.54, 1.807) is 33.5 Å². The maximum atomic E-state index is 9.58. The molecular weight excluding hydrogens is 360 g/mol. The lowest BCUT2D eigenvalue weighted by Gasteiger charge is -2.16. The van der Waals surface area contributed by atoms with Crippen LogP contribution in [0.1, 0.15) is 5.56 Å². The molecule has 2 aromatic heterocycles. The van der Waals surface area contributed by atoms with Gasteiger partial charge >= 0.3 is 0 Å². The molecule has 2 heterocycles. The molecule has 0 aliphatic heterocycles. The van der Waals surface area contributed by atoms with E-state index in [9.17, 15) is 5.26 Å². The number of nitrogens with zero attached hydrogens (tertiary/aromatic N) is 4. The zero-order valence-electron chi connectivity index (χ0n) is 15.4. The Balaban J connectivity index is 1.90. The largest absolute Gasteiger partial charge is 0.493 e. The first-order valence-corrected chi connectivity index (χ1v) is 8.29. The van der Waals surface area contributed by atoms with Gasteiger partial charge < -0.3 is 19.5 Å². The predicted octanol–water partition coefficient (Wildman–Crippen LogP) is 3.15. The van der Waals surface area contributed by atoms with Gasteiger partial charge in [0.25, 0.3) is 0 Å². The molecule has 9 heteroatoms. The van der Waals surface area contributed by atoms with E-state index >= 15 is 0 Å². The van der Waals surface area contributed by atoms with Crippen molar-refractivity contribution < 1.29 is 14.2 Å². The number of methoxy groups -OCH3 is 3. The standard InChI is InChI=1S/C19H16N6O3/c1-26-16-4-11(5-17(27-2)19(16)28-3)22-18-10(8-20)9-21-13-7-15-14(6-12(13)18)23-25-24-15/h4-7,9H,1-3H3,(H,21,22)(H,23,24,25). The number of anilines is 2. The molecule has 140 valence electrons. The van der Waals surface area contributed by atoms with Gasteiger partial charge in [-0.15, -0.1) is 0 Å². The van der Waals surface area contributed by atoms with E-state index in [1.165, 1.54) is 6.20 Å². The predicted molar refractivity (Wildman–Crippen MR) is 103 cm³/mol. The topological polar surface area (TPSA) is 118 Å². The summed E-state index contributed by atoms with van der Waals surface area (Å²) in [6, 6.07) is 9.36. The maximum absolute atomic E-state index is 9.58. The van der Waals surface area contributed by atoms with Gasteiger partial charge in [-0.2, -0.15) is 20.7 Å². The summed E-state index contributed by atoms with van der Waals surface area (Å²) in [4.78, 5) is 4.37. The Labute approximate surface area is 159 Å². The van der Waals surface area contributed by atoms with E-state index in [1.807, 2.05) is 12.1 Å². The number of hydrogen-bond acceptors (Lipinski definition) is 8. The lowest BCUT2D eigenvalue weighted by atomic mass is 10.1. The summed E-state index contributed by atoms with van der Waals surface area (Å²) in [7, 11) is 4.64. The van der Waals surface area contributed by atoms with Gasteiger partial charge in [0.1, 0.15) is 17.1 Å². The lowest BCUT2D eigenvalue weighted by Crippen LogP contribution is -2.00. The normalized spacial score (nSPS) is 10.6. The smallest absolute Gasteiger partial charge is 0.203 e. The zero-order chi connectivity index (χ0) is 19.7. The highest BCUT2D eigenvalue weighted by atomic mass is 16.5. The van der Waals surface area contributed by atoms with Crippen molar-refractivity contribution in [3.8, 4) is 23.3 Å². The molecule has 9 nitrogen and oxygen atoms in total. The number of aromatic amines is 1. The number of nitriles is 1. The van der Waals surface area contributed by atoms with Gasteiger partial charge in [0.2, 0.25) is 5.75 Å². The van der Waals surface area contributed by atoms with Gasteiger partial charge in [0.15, 0.2) is 11.5 Å². The van der Waals surface area contributed by atoms with Crippen LogP contribution in [-0.2, 0) is 0 Å². The first-order chi connectivity index (χ1) is 13.7. The Morgan fingerprint density at radius 3 is 2.21 bits per heavy atom. The Bertz CT molecular complexity index is 1200. The third kappa shape index (κ3) is 2.77. The van der Waals surface area contributed by atoms with Crippen molar-refractivity contribution in [2.45, 2.75) is 0 Å². The minimum Gasteiger partial charge on any atom is -0.493 e. The van der Waals surface area contributed by atoms with Gasteiger partial charge in [-0.3, -0.25) is 4.98 Å². The van der Waals surface area contributed by atoms with Crippen LogP contribution in [0.15, 0.2) is 30.5 Å². The zero-order valence-corrected chi connectivity index (χ0v) is 15.4. The van der Waals surface area contributed by atoms with Gasteiger partial charge in [-0.25, -0.2) is 0 Å². The van der Waals surface area contributed by atoms with Gasteiger partial charge in [0, 0.05) is 29.4 Å². The van der Waals surface area contributed by atoms with Crippen LogP contribution in [0.4, 0.5) is 11.4 Å². The molecule has 0 amide bonds. The van der Waals surface area contributed by atoms with Gasteiger partial charge in [-0.05, 0) is 12.1 Å². The number of hydrogen-bond donors (Lipinski definition) is 2. The molecule has 28 heavy (non-hydrogen) atoms. The van der Waals surface area contributed by atoms with Gasteiger partial charge in [-0.1, -0.05) is 0 Å². The highest BCUT2D eigenvalue weighted by Crippen LogP contribution is 2.41. The van der Waals surface area contributed by atoms with Gasteiger partial charge in [0.05, 0.1) is 38.1 Å². The third-order valence-electron chi connectivity index (χ3n) is 4.36. The molecule has 0 radical (unpaired) electrons. The molecule has 0 saturated carbocycles. The van der Waals surface area contributed by atoms with Crippen molar-refractivity contribution in [2.24, 2.45) is 0 Å².